The molecule has 1 aliphatic carbocycles. The molecule has 2 atom stereocenters. The van der Waals surface area contributed by atoms with Gasteiger partial charge in [0.2, 0.25) is 0 Å². The number of ether oxygens (including phenoxy) is 1. The van der Waals surface area contributed by atoms with Crippen LogP contribution in [0.1, 0.15) is 39.4 Å². The van der Waals surface area contributed by atoms with Crippen molar-refractivity contribution in [1.29, 1.82) is 0 Å². The van der Waals surface area contributed by atoms with Gasteiger partial charge in [0.25, 0.3) is 5.91 Å². The van der Waals surface area contributed by atoms with Gasteiger partial charge in [-0.1, -0.05) is 60.1 Å². The number of hydrogen-bond donors (Lipinski definition) is 2. The van der Waals surface area contributed by atoms with E-state index in [1.807, 2.05) is 60.7 Å². The molecule has 2 N–H and O–H groups in total. The number of hydrogen-bond acceptors (Lipinski definition) is 3. The summed E-state index contributed by atoms with van der Waals surface area (Å²) in [7, 11) is 1.66. The van der Waals surface area contributed by atoms with Gasteiger partial charge >= 0.3 is 0 Å². The van der Waals surface area contributed by atoms with E-state index in [2.05, 4.69) is 22.8 Å². The van der Waals surface area contributed by atoms with Crippen LogP contribution in [0.4, 0.5) is 0 Å². The first-order valence-electron chi connectivity index (χ1n) is 10.1. The Balaban J connectivity index is 1.28. The second-order valence-corrected chi connectivity index (χ2v) is 8.01. The number of carbonyl (C=O) groups excluding carboxylic acids is 1. The molecule has 4 nitrogen and oxygen atoms in total. The zero-order chi connectivity index (χ0) is 20.9. The molecule has 5 heteroatoms. The van der Waals surface area contributed by atoms with Crippen LogP contribution in [0.5, 0.6) is 5.75 Å². The van der Waals surface area contributed by atoms with Gasteiger partial charge in [0, 0.05) is 41.2 Å². The first-order valence-corrected chi connectivity index (χ1v) is 10.5. The molecule has 0 aliphatic heterocycles. The first-order chi connectivity index (χ1) is 14.6. The van der Waals surface area contributed by atoms with E-state index in [9.17, 15) is 4.79 Å². The molecule has 0 unspecified atom stereocenters. The molecule has 1 fully saturated rings. The van der Waals surface area contributed by atoms with Crippen molar-refractivity contribution in [3.8, 4) is 5.75 Å². The van der Waals surface area contributed by atoms with Crippen molar-refractivity contribution in [1.82, 2.24) is 10.6 Å². The highest BCUT2D eigenvalue weighted by molar-refractivity contribution is 6.30. The maximum atomic E-state index is 12.4. The van der Waals surface area contributed by atoms with Crippen molar-refractivity contribution in [2.24, 2.45) is 0 Å². The Morgan fingerprint density at radius 2 is 1.80 bits per heavy atom. The van der Waals surface area contributed by atoms with Gasteiger partial charge < -0.3 is 15.4 Å². The summed E-state index contributed by atoms with van der Waals surface area (Å²) in [5, 5.41) is 7.23. The van der Waals surface area contributed by atoms with E-state index >= 15 is 0 Å². The molecule has 1 amide bonds. The van der Waals surface area contributed by atoms with Crippen molar-refractivity contribution in [3.63, 3.8) is 0 Å². The Labute approximate surface area is 182 Å². The van der Waals surface area contributed by atoms with Crippen LogP contribution in [0.25, 0.3) is 0 Å². The van der Waals surface area contributed by atoms with Crippen LogP contribution in [-0.4, -0.2) is 19.1 Å². The fourth-order valence-electron chi connectivity index (χ4n) is 3.66. The molecule has 4 rings (SSSR count). The summed E-state index contributed by atoms with van der Waals surface area (Å²) < 4.78 is 5.41. The third-order valence-electron chi connectivity index (χ3n) is 5.49. The van der Waals surface area contributed by atoms with Gasteiger partial charge in [-0.05, 0) is 41.8 Å². The van der Waals surface area contributed by atoms with Crippen molar-refractivity contribution in [2.75, 3.05) is 7.11 Å². The smallest absolute Gasteiger partial charge is 0.251 e. The Bertz CT molecular complexity index is 1010. The molecule has 154 valence electrons. The highest BCUT2D eigenvalue weighted by Gasteiger charge is 2.37. The molecule has 3 aromatic rings. The number of amides is 1. The minimum Gasteiger partial charge on any atom is -0.496 e. The van der Waals surface area contributed by atoms with E-state index in [0.29, 0.717) is 29.1 Å². The molecule has 30 heavy (non-hydrogen) atoms. The van der Waals surface area contributed by atoms with Crippen LogP contribution >= 0.6 is 11.6 Å². The van der Waals surface area contributed by atoms with Gasteiger partial charge in [0.05, 0.1) is 7.11 Å². The zero-order valence-corrected chi connectivity index (χ0v) is 17.7. The van der Waals surface area contributed by atoms with Crippen molar-refractivity contribution >= 4 is 17.5 Å². The van der Waals surface area contributed by atoms with E-state index in [1.54, 1.807) is 7.11 Å². The number of rotatable bonds is 8. The summed E-state index contributed by atoms with van der Waals surface area (Å²) in [4.78, 5) is 12.4. The number of benzene rings is 3. The average Bonchev–Trinajstić information content (AvgIpc) is 3.57. The Hall–Kier alpha value is -2.82. The number of halogens is 1. The second kappa shape index (κ2) is 9.33. The Kier molecular flexibility index (Phi) is 6.36. The molecular weight excluding hydrogens is 396 g/mol. The third-order valence-corrected chi connectivity index (χ3v) is 5.73. The van der Waals surface area contributed by atoms with E-state index in [1.165, 1.54) is 5.56 Å². The molecule has 3 aromatic carbocycles. The standard InChI is InChI=1S/C25H25ClN2O2/c1-30-24-13-21(26)12-11-20(24)16-27-23-14-22(23)18-7-9-19(10-8-18)25(29)28-15-17-5-3-2-4-6-17/h2-13,22-23,27H,14-16H2,1H3,(H,28,29)/t22-,23+/m0/s1. The van der Waals surface area contributed by atoms with E-state index < -0.39 is 0 Å². The lowest BCUT2D eigenvalue weighted by Crippen LogP contribution is -2.22. The lowest BCUT2D eigenvalue weighted by molar-refractivity contribution is 0.0951. The Morgan fingerprint density at radius 1 is 1.03 bits per heavy atom. The van der Waals surface area contributed by atoms with Gasteiger partial charge in [-0.15, -0.1) is 0 Å². The summed E-state index contributed by atoms with van der Waals surface area (Å²) in [5.74, 6) is 1.23. The summed E-state index contributed by atoms with van der Waals surface area (Å²) in [6, 6.07) is 24.0. The molecule has 0 bridgehead atoms. The molecule has 1 aliphatic rings. The molecular formula is C25H25ClN2O2. The largest absolute Gasteiger partial charge is 0.496 e. The summed E-state index contributed by atoms with van der Waals surface area (Å²) >= 11 is 6.03. The van der Waals surface area contributed by atoms with Gasteiger partial charge in [-0.3, -0.25) is 4.79 Å². The average molecular weight is 421 g/mol. The summed E-state index contributed by atoms with van der Waals surface area (Å²) in [6.45, 7) is 1.27. The fraction of sp³-hybridized carbons (Fsp3) is 0.240. The highest BCUT2D eigenvalue weighted by Crippen LogP contribution is 2.41. The van der Waals surface area contributed by atoms with Crippen LogP contribution in [-0.2, 0) is 13.1 Å². The van der Waals surface area contributed by atoms with Crippen LogP contribution in [0.15, 0.2) is 72.8 Å². The lowest BCUT2D eigenvalue weighted by Gasteiger charge is -2.10. The summed E-state index contributed by atoms with van der Waals surface area (Å²) in [6.07, 6.45) is 1.09. The highest BCUT2D eigenvalue weighted by atomic mass is 35.5. The van der Waals surface area contributed by atoms with E-state index in [4.69, 9.17) is 16.3 Å². The predicted molar refractivity (Wildman–Crippen MR) is 120 cm³/mol. The van der Waals surface area contributed by atoms with E-state index in [0.717, 1.165) is 29.8 Å². The van der Waals surface area contributed by atoms with Gasteiger partial charge in [-0.2, -0.15) is 0 Å². The number of methoxy groups -OCH3 is 1. The van der Waals surface area contributed by atoms with Crippen LogP contribution in [0, 0.1) is 0 Å². The summed E-state index contributed by atoms with van der Waals surface area (Å²) in [5.41, 5.74) is 4.13. The molecule has 0 aromatic heterocycles. The minimum absolute atomic E-state index is 0.0503. The van der Waals surface area contributed by atoms with E-state index in [-0.39, 0.29) is 5.91 Å². The molecule has 0 saturated heterocycles. The maximum absolute atomic E-state index is 12.4. The van der Waals surface area contributed by atoms with Crippen LogP contribution in [0.2, 0.25) is 5.02 Å². The van der Waals surface area contributed by atoms with Gasteiger partial charge in [0.1, 0.15) is 5.75 Å². The van der Waals surface area contributed by atoms with Crippen LogP contribution in [0.3, 0.4) is 0 Å². The molecule has 1 saturated carbocycles. The zero-order valence-electron chi connectivity index (χ0n) is 16.9. The SMILES string of the molecule is COc1cc(Cl)ccc1CN[C@@H]1C[C@H]1c1ccc(C(=O)NCc2ccccc2)cc1. The maximum Gasteiger partial charge on any atom is 0.251 e. The first kappa shape index (κ1) is 20.5. The third kappa shape index (κ3) is 5.02. The quantitative estimate of drug-likeness (QED) is 0.543. The van der Waals surface area contributed by atoms with Crippen molar-refractivity contribution < 1.29 is 9.53 Å². The lowest BCUT2D eigenvalue weighted by atomic mass is 10.1. The van der Waals surface area contributed by atoms with Crippen molar-refractivity contribution in [3.05, 3.63) is 100 Å². The molecule has 0 heterocycles. The topological polar surface area (TPSA) is 50.4 Å². The van der Waals surface area contributed by atoms with Crippen LogP contribution < -0.4 is 15.4 Å². The van der Waals surface area contributed by atoms with Gasteiger partial charge in [-0.25, -0.2) is 0 Å². The predicted octanol–water partition coefficient (Wildman–Crippen LogP) is 4.92. The second-order valence-electron chi connectivity index (χ2n) is 7.58. The van der Waals surface area contributed by atoms with Crippen molar-refractivity contribution in [2.45, 2.75) is 31.5 Å². The Morgan fingerprint density at radius 3 is 2.53 bits per heavy atom. The molecule has 0 radical (unpaired) electrons. The molecule has 0 spiro atoms. The number of carbonyl (C=O) groups is 1. The van der Waals surface area contributed by atoms with Gasteiger partial charge in [0.15, 0.2) is 0 Å². The minimum atomic E-state index is -0.0503. The fourth-order valence-corrected chi connectivity index (χ4v) is 3.82. The monoisotopic (exact) mass is 420 g/mol. The number of nitrogens with one attached hydrogen (secondary N) is 2. The normalized spacial score (nSPS) is 17.4.